The molecule has 0 aliphatic carbocycles. The van der Waals surface area contributed by atoms with Crippen molar-refractivity contribution in [2.45, 2.75) is 40.5 Å². The van der Waals surface area contributed by atoms with Crippen molar-refractivity contribution in [1.29, 1.82) is 0 Å². The van der Waals surface area contributed by atoms with Crippen molar-refractivity contribution in [3.8, 4) is 0 Å². The second kappa shape index (κ2) is 11.4. The van der Waals surface area contributed by atoms with Crippen molar-refractivity contribution in [1.82, 2.24) is 0 Å². The van der Waals surface area contributed by atoms with E-state index in [0.29, 0.717) is 37.8 Å². The maximum atomic E-state index is 11.6. The van der Waals surface area contributed by atoms with Gasteiger partial charge in [-0.2, -0.15) is 0 Å². The second-order valence-electron chi connectivity index (χ2n) is 5.56. The SMILES string of the molecule is CC(C)CCOCC[P+](=O)CC(=O)OCCC(C)C. The highest BCUT2D eigenvalue weighted by Gasteiger charge is 2.21. The van der Waals surface area contributed by atoms with Crippen LogP contribution in [0.15, 0.2) is 0 Å². The van der Waals surface area contributed by atoms with Gasteiger partial charge in [0, 0.05) is 6.61 Å². The van der Waals surface area contributed by atoms with Gasteiger partial charge < -0.3 is 9.47 Å². The van der Waals surface area contributed by atoms with Crippen LogP contribution < -0.4 is 0 Å². The third-order valence-electron chi connectivity index (χ3n) is 2.59. The summed E-state index contributed by atoms with van der Waals surface area (Å²) >= 11 is 0. The van der Waals surface area contributed by atoms with E-state index in [1.807, 2.05) is 0 Å². The predicted molar refractivity (Wildman–Crippen MR) is 78.0 cm³/mol. The van der Waals surface area contributed by atoms with Gasteiger partial charge in [0.05, 0.1) is 13.2 Å². The van der Waals surface area contributed by atoms with Gasteiger partial charge in [-0.1, -0.05) is 32.3 Å². The molecular weight excluding hydrogens is 263 g/mol. The molecule has 112 valence electrons. The number of carbonyl (C=O) groups excluding carboxylic acids is 1. The van der Waals surface area contributed by atoms with Crippen molar-refractivity contribution in [2.24, 2.45) is 11.8 Å². The molecule has 0 spiro atoms. The Morgan fingerprint density at radius 1 is 1.00 bits per heavy atom. The number of esters is 1. The van der Waals surface area contributed by atoms with E-state index in [-0.39, 0.29) is 12.1 Å². The standard InChI is InChI=1S/C14H28O4P/c1-12(2)5-7-17-9-10-19(16)11-14(15)18-8-6-13(3)4/h12-13H,5-11H2,1-4H3/q+1. The average Bonchev–Trinajstić information content (AvgIpc) is 2.27. The maximum Gasteiger partial charge on any atom is 0.354 e. The Bertz CT molecular complexity index is 264. The molecule has 4 nitrogen and oxygen atoms in total. The van der Waals surface area contributed by atoms with E-state index in [1.165, 1.54) is 0 Å². The molecule has 0 rings (SSSR count). The molecule has 1 unspecified atom stereocenters. The lowest BCUT2D eigenvalue weighted by atomic mass is 10.1. The molecule has 0 aromatic carbocycles. The van der Waals surface area contributed by atoms with Gasteiger partial charge in [0.1, 0.15) is 0 Å². The molecule has 0 aliphatic heterocycles. The largest absolute Gasteiger partial charge is 0.463 e. The van der Waals surface area contributed by atoms with Crippen LogP contribution in [-0.2, 0) is 18.8 Å². The van der Waals surface area contributed by atoms with Crippen molar-refractivity contribution in [3.63, 3.8) is 0 Å². The van der Waals surface area contributed by atoms with Gasteiger partial charge in [0.15, 0.2) is 6.16 Å². The molecule has 0 amide bonds. The van der Waals surface area contributed by atoms with Crippen LogP contribution in [0.5, 0.6) is 0 Å². The first-order valence-electron chi connectivity index (χ1n) is 7.07. The molecule has 0 radical (unpaired) electrons. The minimum Gasteiger partial charge on any atom is -0.463 e. The third-order valence-corrected chi connectivity index (χ3v) is 3.88. The van der Waals surface area contributed by atoms with E-state index in [2.05, 4.69) is 27.7 Å². The summed E-state index contributed by atoms with van der Waals surface area (Å²) in [5.74, 6) is 0.768. The lowest BCUT2D eigenvalue weighted by Gasteiger charge is -2.04. The van der Waals surface area contributed by atoms with Gasteiger partial charge in [0.2, 0.25) is 6.16 Å². The lowest BCUT2D eigenvalue weighted by Crippen LogP contribution is -2.11. The second-order valence-corrected chi connectivity index (χ2v) is 7.29. The fourth-order valence-electron chi connectivity index (χ4n) is 1.26. The molecular formula is C14H28O4P+. The number of hydrogen-bond donors (Lipinski definition) is 0. The molecule has 0 saturated heterocycles. The summed E-state index contributed by atoms with van der Waals surface area (Å²) in [4.78, 5) is 11.4. The Labute approximate surface area is 118 Å². The first-order valence-corrected chi connectivity index (χ1v) is 8.70. The van der Waals surface area contributed by atoms with E-state index in [0.717, 1.165) is 12.8 Å². The van der Waals surface area contributed by atoms with Crippen LogP contribution in [0.3, 0.4) is 0 Å². The van der Waals surface area contributed by atoms with Crippen LogP contribution in [0.1, 0.15) is 40.5 Å². The summed E-state index contributed by atoms with van der Waals surface area (Å²) in [6, 6.07) is 0. The zero-order valence-corrected chi connectivity index (χ0v) is 13.6. The molecule has 0 bridgehead atoms. The maximum absolute atomic E-state index is 11.6. The fourth-order valence-corrected chi connectivity index (χ4v) is 2.13. The minimum absolute atomic E-state index is 0.0149. The van der Waals surface area contributed by atoms with Gasteiger partial charge in [-0.15, -0.1) is 0 Å². The molecule has 19 heavy (non-hydrogen) atoms. The Balaban J connectivity index is 3.49. The molecule has 0 aromatic rings. The van der Waals surface area contributed by atoms with Crippen LogP contribution in [-0.4, -0.2) is 38.1 Å². The smallest absolute Gasteiger partial charge is 0.354 e. The summed E-state index contributed by atoms with van der Waals surface area (Å²) in [6.45, 7) is 9.99. The van der Waals surface area contributed by atoms with E-state index < -0.39 is 7.80 Å². The molecule has 1 atom stereocenters. The number of carbonyl (C=O) groups is 1. The number of hydrogen-bond acceptors (Lipinski definition) is 4. The van der Waals surface area contributed by atoms with Gasteiger partial charge in [0.25, 0.3) is 0 Å². The summed E-state index contributed by atoms with van der Waals surface area (Å²) in [5, 5.41) is 0. The minimum atomic E-state index is -1.53. The van der Waals surface area contributed by atoms with Gasteiger partial charge in [-0.25, -0.2) is 4.79 Å². The van der Waals surface area contributed by atoms with Gasteiger partial charge in [-0.3, -0.25) is 0 Å². The monoisotopic (exact) mass is 291 g/mol. The van der Waals surface area contributed by atoms with Gasteiger partial charge in [-0.05, 0) is 24.7 Å². The number of ether oxygens (including phenoxy) is 2. The summed E-state index contributed by atoms with van der Waals surface area (Å²) < 4.78 is 22.0. The van der Waals surface area contributed by atoms with Crippen molar-refractivity contribution in [3.05, 3.63) is 0 Å². The summed E-state index contributed by atoms with van der Waals surface area (Å²) in [6.07, 6.45) is 2.31. The Hall–Kier alpha value is -0.470. The van der Waals surface area contributed by atoms with Crippen molar-refractivity contribution < 1.29 is 18.8 Å². The van der Waals surface area contributed by atoms with E-state index in [9.17, 15) is 9.36 Å². The predicted octanol–water partition coefficient (Wildman–Crippen LogP) is 3.47. The quantitative estimate of drug-likeness (QED) is 0.332. The third kappa shape index (κ3) is 13.8. The summed E-state index contributed by atoms with van der Waals surface area (Å²) in [7, 11) is -1.53. The first kappa shape index (κ1) is 18.5. The first-order chi connectivity index (χ1) is 8.91. The summed E-state index contributed by atoms with van der Waals surface area (Å²) in [5.41, 5.74) is 0. The highest BCUT2D eigenvalue weighted by molar-refractivity contribution is 7.45. The Morgan fingerprint density at radius 2 is 1.58 bits per heavy atom. The van der Waals surface area contributed by atoms with E-state index in [4.69, 9.17) is 9.47 Å². The topological polar surface area (TPSA) is 52.6 Å². The Kier molecular flexibility index (Phi) is 11.1. The molecule has 0 fully saturated rings. The van der Waals surface area contributed by atoms with Crippen LogP contribution in [0, 0.1) is 11.8 Å². The van der Waals surface area contributed by atoms with Crippen LogP contribution in [0.25, 0.3) is 0 Å². The molecule has 0 heterocycles. The van der Waals surface area contributed by atoms with Crippen LogP contribution in [0.4, 0.5) is 0 Å². The molecule has 0 aliphatic rings. The average molecular weight is 291 g/mol. The normalized spacial score (nSPS) is 12.0. The lowest BCUT2D eigenvalue weighted by molar-refractivity contribution is -0.140. The van der Waals surface area contributed by atoms with Crippen molar-refractivity contribution in [2.75, 3.05) is 32.1 Å². The zero-order chi connectivity index (χ0) is 14.7. The highest BCUT2D eigenvalue weighted by Crippen LogP contribution is 2.19. The van der Waals surface area contributed by atoms with E-state index >= 15 is 0 Å². The fraction of sp³-hybridized carbons (Fsp3) is 0.929. The molecule has 0 saturated carbocycles. The molecule has 0 aromatic heterocycles. The molecule has 0 N–H and O–H groups in total. The van der Waals surface area contributed by atoms with Crippen molar-refractivity contribution >= 4 is 13.8 Å². The Morgan fingerprint density at radius 3 is 2.16 bits per heavy atom. The van der Waals surface area contributed by atoms with Gasteiger partial charge >= 0.3 is 13.8 Å². The number of rotatable bonds is 11. The zero-order valence-electron chi connectivity index (χ0n) is 12.7. The molecule has 5 heteroatoms. The van der Waals surface area contributed by atoms with E-state index in [1.54, 1.807) is 0 Å². The highest BCUT2D eigenvalue weighted by atomic mass is 31.1. The van der Waals surface area contributed by atoms with Crippen LogP contribution >= 0.6 is 7.80 Å². The van der Waals surface area contributed by atoms with Crippen LogP contribution in [0.2, 0.25) is 0 Å².